The number of alkyl halides is 2. The summed E-state index contributed by atoms with van der Waals surface area (Å²) in [5, 5.41) is 2.70. The summed E-state index contributed by atoms with van der Waals surface area (Å²) in [6.45, 7) is 5.10. The minimum Gasteiger partial charge on any atom is -0.415 e. The van der Waals surface area contributed by atoms with Crippen molar-refractivity contribution < 1.29 is 23.1 Å². The molecule has 3 rings (SSSR count). The second-order valence-electron chi connectivity index (χ2n) is 8.28. The summed E-state index contributed by atoms with van der Waals surface area (Å²) >= 11 is 0. The fourth-order valence-electron chi connectivity index (χ4n) is 3.95. The second kappa shape index (κ2) is 10.5. The third kappa shape index (κ3) is 5.94. The van der Waals surface area contributed by atoms with Gasteiger partial charge in [0.25, 0.3) is 0 Å². The van der Waals surface area contributed by atoms with Crippen LogP contribution >= 0.6 is 0 Å². The van der Waals surface area contributed by atoms with Gasteiger partial charge < -0.3 is 15.0 Å². The number of nitrogens with one attached hydrogen (secondary N) is 1. The van der Waals surface area contributed by atoms with Crippen LogP contribution in [-0.2, 0) is 4.79 Å². The number of aryl methyl sites for hydroxylation is 1. The van der Waals surface area contributed by atoms with E-state index < -0.39 is 12.6 Å². The Kier molecular flexibility index (Phi) is 7.78. The zero-order chi connectivity index (χ0) is 24.1. The molecule has 1 saturated heterocycles. The molecule has 0 saturated carbocycles. The first-order valence-corrected chi connectivity index (χ1v) is 10.9. The Morgan fingerprint density at radius 2 is 1.91 bits per heavy atom. The summed E-state index contributed by atoms with van der Waals surface area (Å²) in [5.74, 6) is -0.305. The van der Waals surface area contributed by atoms with Gasteiger partial charge in [0.15, 0.2) is 0 Å². The number of hydrogen-bond donors (Lipinski definition) is 1. The number of urea groups is 1. The van der Waals surface area contributed by atoms with Gasteiger partial charge in [-0.1, -0.05) is 13.8 Å². The van der Waals surface area contributed by atoms with Crippen molar-refractivity contribution in [3.8, 4) is 5.88 Å². The third-order valence-electron chi connectivity index (χ3n) is 5.56. The number of amides is 3. The third-order valence-corrected chi connectivity index (χ3v) is 5.56. The number of anilines is 2. The summed E-state index contributed by atoms with van der Waals surface area (Å²) in [5.41, 5.74) is 1.91. The lowest BCUT2D eigenvalue weighted by Gasteiger charge is -2.39. The molecule has 0 unspecified atom stereocenters. The van der Waals surface area contributed by atoms with E-state index >= 15 is 0 Å². The van der Waals surface area contributed by atoms with Crippen molar-refractivity contribution in [1.82, 2.24) is 14.9 Å². The van der Waals surface area contributed by atoms with Crippen LogP contribution in [0, 0.1) is 6.92 Å². The molecule has 0 atom stereocenters. The van der Waals surface area contributed by atoms with Crippen LogP contribution in [0.25, 0.3) is 0 Å². The van der Waals surface area contributed by atoms with Crippen LogP contribution in [0.1, 0.15) is 50.9 Å². The molecular formula is C23H29F2N5O3. The number of ether oxygens (including phenoxy) is 1. The molecule has 8 nitrogen and oxygen atoms in total. The minimum atomic E-state index is -3.08. The highest BCUT2D eigenvalue weighted by molar-refractivity contribution is 6.03. The Morgan fingerprint density at radius 1 is 1.21 bits per heavy atom. The number of halogens is 2. The normalized spacial score (nSPS) is 14.5. The van der Waals surface area contributed by atoms with E-state index in [0.29, 0.717) is 37.3 Å². The van der Waals surface area contributed by atoms with Gasteiger partial charge in [-0.05, 0) is 49.9 Å². The van der Waals surface area contributed by atoms with Crippen molar-refractivity contribution in [2.45, 2.75) is 59.1 Å². The number of carbonyl (C=O) groups is 2. The molecule has 33 heavy (non-hydrogen) atoms. The highest BCUT2D eigenvalue weighted by Crippen LogP contribution is 2.32. The van der Waals surface area contributed by atoms with E-state index in [9.17, 15) is 18.4 Å². The highest BCUT2D eigenvalue weighted by atomic mass is 19.3. The largest absolute Gasteiger partial charge is 0.415 e. The number of hydrogen-bond acceptors (Lipinski definition) is 5. The lowest BCUT2D eigenvalue weighted by atomic mass is 10.00. The summed E-state index contributed by atoms with van der Waals surface area (Å²) < 4.78 is 30.3. The number of likely N-dealkylation sites (tertiary alicyclic amines) is 1. The van der Waals surface area contributed by atoms with Crippen LogP contribution < -0.4 is 15.0 Å². The minimum absolute atomic E-state index is 0.00628. The maximum atomic E-state index is 13.6. The number of nitrogens with zero attached hydrogens (tertiary/aromatic N) is 4. The smallest absolute Gasteiger partial charge is 0.388 e. The Morgan fingerprint density at radius 3 is 2.52 bits per heavy atom. The van der Waals surface area contributed by atoms with E-state index in [1.807, 2.05) is 19.9 Å². The van der Waals surface area contributed by atoms with Crippen LogP contribution in [0.4, 0.5) is 25.0 Å². The van der Waals surface area contributed by atoms with E-state index in [-0.39, 0.29) is 29.4 Å². The topological polar surface area (TPSA) is 87.7 Å². The van der Waals surface area contributed by atoms with E-state index in [1.54, 1.807) is 35.1 Å². The van der Waals surface area contributed by atoms with Gasteiger partial charge in [-0.3, -0.25) is 14.7 Å². The molecule has 178 valence electrons. The molecular weight excluding hydrogens is 432 g/mol. The standard InChI is InChI=1S/C23H29F2N5O3/c1-14(2)20-19(6-5-11-26-20)30(17-9-12-29(13-10-17)16(4)31)23(32)28-18-8-7-15(3)27-21(18)33-22(24)25/h5-8,11,14,17,22H,9-10,12-13H2,1-4H3,(H,28,32). The molecule has 2 aromatic rings. The predicted octanol–water partition coefficient (Wildman–Crippen LogP) is 4.56. The zero-order valence-electron chi connectivity index (χ0n) is 19.2. The molecule has 1 N–H and O–H groups in total. The molecule has 0 aliphatic carbocycles. The first-order valence-electron chi connectivity index (χ1n) is 10.9. The molecule has 0 spiro atoms. The first kappa shape index (κ1) is 24.3. The molecule has 0 aromatic carbocycles. The van der Waals surface area contributed by atoms with Gasteiger partial charge in [0.1, 0.15) is 5.69 Å². The van der Waals surface area contributed by atoms with E-state index in [2.05, 4.69) is 20.0 Å². The lowest BCUT2D eigenvalue weighted by Crippen LogP contribution is -2.50. The quantitative estimate of drug-likeness (QED) is 0.682. The molecule has 1 aliphatic heterocycles. The Balaban J connectivity index is 1.95. The van der Waals surface area contributed by atoms with Crippen LogP contribution in [-0.4, -0.2) is 52.5 Å². The van der Waals surface area contributed by atoms with E-state index in [4.69, 9.17) is 0 Å². The van der Waals surface area contributed by atoms with Crippen molar-refractivity contribution in [1.29, 1.82) is 0 Å². The summed E-state index contributed by atoms with van der Waals surface area (Å²) in [4.78, 5) is 37.2. The van der Waals surface area contributed by atoms with Crippen molar-refractivity contribution >= 4 is 23.3 Å². The van der Waals surface area contributed by atoms with Crippen LogP contribution in [0.3, 0.4) is 0 Å². The highest BCUT2D eigenvalue weighted by Gasteiger charge is 2.32. The number of carbonyl (C=O) groups excluding carboxylic acids is 2. The van der Waals surface area contributed by atoms with Crippen molar-refractivity contribution in [2.75, 3.05) is 23.3 Å². The molecule has 10 heteroatoms. The van der Waals surface area contributed by atoms with Crippen LogP contribution in [0.15, 0.2) is 30.5 Å². The summed E-state index contributed by atoms with van der Waals surface area (Å²) in [6, 6.07) is 5.96. The number of piperidine rings is 1. The number of aromatic nitrogens is 2. The second-order valence-corrected chi connectivity index (χ2v) is 8.28. The Bertz CT molecular complexity index is 994. The Labute approximate surface area is 192 Å². The molecule has 1 fully saturated rings. The average Bonchev–Trinajstić information content (AvgIpc) is 2.76. The van der Waals surface area contributed by atoms with Gasteiger partial charge in [0, 0.05) is 37.9 Å². The summed E-state index contributed by atoms with van der Waals surface area (Å²) in [7, 11) is 0. The molecule has 0 bridgehead atoms. The van der Waals surface area contributed by atoms with Gasteiger partial charge in [-0.25, -0.2) is 9.78 Å². The van der Waals surface area contributed by atoms with Crippen LogP contribution in [0.5, 0.6) is 5.88 Å². The zero-order valence-corrected chi connectivity index (χ0v) is 19.2. The van der Waals surface area contributed by atoms with Crippen LogP contribution in [0.2, 0.25) is 0 Å². The molecule has 2 aromatic heterocycles. The van der Waals surface area contributed by atoms with E-state index in [0.717, 1.165) is 5.69 Å². The SMILES string of the molecule is CC(=O)N1CCC(N(C(=O)Nc2ccc(C)nc2OC(F)F)c2cccnc2C(C)C)CC1. The maximum absolute atomic E-state index is 13.6. The van der Waals surface area contributed by atoms with Gasteiger partial charge >= 0.3 is 12.6 Å². The van der Waals surface area contributed by atoms with Crippen molar-refractivity contribution in [3.05, 3.63) is 41.9 Å². The monoisotopic (exact) mass is 461 g/mol. The molecule has 1 aliphatic rings. The van der Waals surface area contributed by atoms with Gasteiger partial charge in [0.05, 0.1) is 11.4 Å². The molecule has 3 heterocycles. The predicted molar refractivity (Wildman–Crippen MR) is 121 cm³/mol. The van der Waals surface area contributed by atoms with Crippen molar-refractivity contribution in [2.24, 2.45) is 0 Å². The fraction of sp³-hybridized carbons (Fsp3) is 0.478. The fourth-order valence-corrected chi connectivity index (χ4v) is 3.95. The number of rotatable bonds is 6. The number of pyridine rings is 2. The lowest BCUT2D eigenvalue weighted by molar-refractivity contribution is -0.129. The van der Waals surface area contributed by atoms with E-state index in [1.165, 1.54) is 13.0 Å². The molecule has 0 radical (unpaired) electrons. The van der Waals surface area contributed by atoms with Gasteiger partial charge in [-0.2, -0.15) is 8.78 Å². The van der Waals surface area contributed by atoms with Gasteiger partial charge in [0.2, 0.25) is 11.8 Å². The van der Waals surface area contributed by atoms with Gasteiger partial charge in [-0.15, -0.1) is 0 Å². The first-order chi connectivity index (χ1) is 15.7. The Hall–Kier alpha value is -3.30. The average molecular weight is 462 g/mol. The summed E-state index contributed by atoms with van der Waals surface area (Å²) in [6.07, 6.45) is 2.82. The maximum Gasteiger partial charge on any atom is 0.388 e. The molecule has 3 amide bonds. The van der Waals surface area contributed by atoms with Crippen molar-refractivity contribution in [3.63, 3.8) is 0 Å².